The number of hydrogen-bond acceptors (Lipinski definition) is 1. The monoisotopic (exact) mass is 337 g/mol. The second-order valence-corrected chi connectivity index (χ2v) is 5.13. The minimum Gasteiger partial charge on any atom is -0.379 e. The van der Waals surface area contributed by atoms with Crippen molar-refractivity contribution in [3.63, 3.8) is 0 Å². The summed E-state index contributed by atoms with van der Waals surface area (Å²) >= 11 is 11.7. The molecule has 0 aromatic heterocycles. The number of nitrogens with one attached hydrogen (secondary N) is 1. The Morgan fingerprint density at radius 2 is 1.71 bits per heavy atom. The van der Waals surface area contributed by atoms with Gasteiger partial charge in [-0.25, -0.2) is 4.39 Å². The topological polar surface area (TPSA) is 12.0 Å². The van der Waals surface area contributed by atoms with Gasteiger partial charge in [-0.15, -0.1) is 0 Å². The highest BCUT2D eigenvalue weighted by molar-refractivity contribution is 6.35. The van der Waals surface area contributed by atoms with E-state index in [0.29, 0.717) is 21.7 Å². The van der Waals surface area contributed by atoms with E-state index in [0.717, 1.165) is 12.1 Å². The highest BCUT2D eigenvalue weighted by Gasteiger charge is 2.31. The minimum absolute atomic E-state index is 0.0776. The fourth-order valence-corrected chi connectivity index (χ4v) is 2.17. The molecule has 0 fully saturated rings. The molecule has 112 valence electrons. The van der Waals surface area contributed by atoms with Crippen molar-refractivity contribution >= 4 is 28.9 Å². The molecular formula is C14H9Cl2F4N. The number of hydrogen-bond donors (Lipinski definition) is 1. The van der Waals surface area contributed by atoms with Crippen molar-refractivity contribution in [2.45, 2.75) is 12.7 Å². The van der Waals surface area contributed by atoms with Gasteiger partial charge in [-0.1, -0.05) is 29.3 Å². The molecule has 0 unspecified atom stereocenters. The molecule has 0 atom stereocenters. The Morgan fingerprint density at radius 3 is 2.33 bits per heavy atom. The number of benzene rings is 2. The zero-order chi connectivity index (χ0) is 15.6. The third-order valence-corrected chi connectivity index (χ3v) is 3.37. The van der Waals surface area contributed by atoms with Crippen LogP contribution in [0.15, 0.2) is 36.4 Å². The standard InChI is InChI=1S/C14H9Cl2F4N/c15-10-3-1-8(11(16)6-10)7-21-13-5-9(14(18,19)20)2-4-12(13)17/h1-6,21H,7H2. The van der Waals surface area contributed by atoms with Crippen molar-refractivity contribution in [2.75, 3.05) is 5.32 Å². The molecule has 0 aliphatic carbocycles. The number of anilines is 1. The van der Waals surface area contributed by atoms with Gasteiger partial charge in [0.05, 0.1) is 11.3 Å². The third kappa shape index (κ3) is 4.02. The van der Waals surface area contributed by atoms with Crippen LogP contribution in [0.5, 0.6) is 0 Å². The maximum Gasteiger partial charge on any atom is 0.416 e. The van der Waals surface area contributed by atoms with Crippen molar-refractivity contribution in [1.82, 2.24) is 0 Å². The Balaban J connectivity index is 2.19. The molecule has 7 heteroatoms. The maximum absolute atomic E-state index is 13.5. The largest absolute Gasteiger partial charge is 0.416 e. The molecule has 0 aliphatic rings. The SMILES string of the molecule is Fc1ccc(C(F)(F)F)cc1NCc1ccc(Cl)cc1Cl. The number of alkyl halides is 3. The fourth-order valence-electron chi connectivity index (χ4n) is 1.69. The number of halogens is 6. The van der Waals surface area contributed by atoms with Crippen LogP contribution >= 0.6 is 23.2 Å². The molecule has 0 bridgehead atoms. The van der Waals surface area contributed by atoms with Crippen LogP contribution in [0.25, 0.3) is 0 Å². The Kier molecular flexibility index (Phi) is 4.64. The summed E-state index contributed by atoms with van der Waals surface area (Å²) in [5.41, 5.74) is -0.567. The summed E-state index contributed by atoms with van der Waals surface area (Å²) in [4.78, 5) is 0. The molecule has 0 amide bonds. The van der Waals surface area contributed by atoms with Crippen molar-refractivity contribution in [2.24, 2.45) is 0 Å². The Morgan fingerprint density at radius 1 is 1.00 bits per heavy atom. The van der Waals surface area contributed by atoms with Crippen LogP contribution in [0.1, 0.15) is 11.1 Å². The van der Waals surface area contributed by atoms with Gasteiger partial charge < -0.3 is 5.32 Å². The van der Waals surface area contributed by atoms with E-state index in [9.17, 15) is 17.6 Å². The van der Waals surface area contributed by atoms with Gasteiger partial charge in [-0.2, -0.15) is 13.2 Å². The van der Waals surface area contributed by atoms with E-state index in [2.05, 4.69) is 5.32 Å². The molecule has 0 saturated heterocycles. The predicted octanol–water partition coefficient (Wildman–Crippen LogP) is 5.76. The van der Waals surface area contributed by atoms with Crippen LogP contribution in [0.4, 0.5) is 23.2 Å². The average Bonchev–Trinajstić information content (AvgIpc) is 2.38. The Hall–Kier alpha value is -1.46. The van der Waals surface area contributed by atoms with Gasteiger partial charge >= 0.3 is 6.18 Å². The summed E-state index contributed by atoms with van der Waals surface area (Å²) in [7, 11) is 0. The zero-order valence-electron chi connectivity index (χ0n) is 10.4. The van der Waals surface area contributed by atoms with E-state index in [1.54, 1.807) is 12.1 Å². The lowest BCUT2D eigenvalue weighted by Crippen LogP contribution is -2.08. The summed E-state index contributed by atoms with van der Waals surface area (Å²) in [6, 6.07) is 6.89. The lowest BCUT2D eigenvalue weighted by Gasteiger charge is -2.12. The highest BCUT2D eigenvalue weighted by atomic mass is 35.5. The van der Waals surface area contributed by atoms with Crippen molar-refractivity contribution < 1.29 is 17.6 Å². The summed E-state index contributed by atoms with van der Waals surface area (Å²) in [5.74, 6) is -0.770. The molecule has 0 aliphatic heterocycles. The van der Waals surface area contributed by atoms with Crippen LogP contribution in [0.3, 0.4) is 0 Å². The summed E-state index contributed by atoms with van der Waals surface area (Å²) in [6.45, 7) is 0.0776. The first-order chi connectivity index (χ1) is 9.77. The Labute approximate surface area is 128 Å². The quantitative estimate of drug-likeness (QED) is 0.701. The van der Waals surface area contributed by atoms with Crippen molar-refractivity contribution in [3.8, 4) is 0 Å². The van der Waals surface area contributed by atoms with Gasteiger partial charge in [-0.05, 0) is 35.9 Å². The van der Waals surface area contributed by atoms with Gasteiger partial charge in [-0.3, -0.25) is 0 Å². The molecule has 0 saturated carbocycles. The molecule has 1 N–H and O–H groups in total. The molecular weight excluding hydrogens is 329 g/mol. The van der Waals surface area contributed by atoms with Gasteiger partial charge in [0.1, 0.15) is 5.82 Å². The van der Waals surface area contributed by atoms with Crippen LogP contribution in [0.2, 0.25) is 10.0 Å². The third-order valence-electron chi connectivity index (χ3n) is 2.78. The van der Waals surface area contributed by atoms with Gasteiger partial charge in [0, 0.05) is 16.6 Å². The lowest BCUT2D eigenvalue weighted by atomic mass is 10.1. The van der Waals surface area contributed by atoms with E-state index < -0.39 is 17.6 Å². The lowest BCUT2D eigenvalue weighted by molar-refractivity contribution is -0.137. The second kappa shape index (κ2) is 6.12. The second-order valence-electron chi connectivity index (χ2n) is 4.28. The first-order valence-corrected chi connectivity index (χ1v) is 6.57. The van der Waals surface area contributed by atoms with E-state index in [1.807, 2.05) is 0 Å². The van der Waals surface area contributed by atoms with Crippen molar-refractivity contribution in [3.05, 3.63) is 63.4 Å². The van der Waals surface area contributed by atoms with Gasteiger partial charge in [0.2, 0.25) is 0 Å². The van der Waals surface area contributed by atoms with Crippen molar-refractivity contribution in [1.29, 1.82) is 0 Å². The van der Waals surface area contributed by atoms with E-state index in [4.69, 9.17) is 23.2 Å². The van der Waals surface area contributed by atoms with E-state index in [-0.39, 0.29) is 12.2 Å². The minimum atomic E-state index is -4.53. The zero-order valence-corrected chi connectivity index (χ0v) is 12.0. The van der Waals surface area contributed by atoms with E-state index in [1.165, 1.54) is 6.07 Å². The van der Waals surface area contributed by atoms with Crippen LogP contribution in [-0.2, 0) is 12.7 Å². The molecule has 2 rings (SSSR count). The van der Waals surface area contributed by atoms with E-state index >= 15 is 0 Å². The normalized spacial score (nSPS) is 11.5. The highest BCUT2D eigenvalue weighted by Crippen LogP contribution is 2.32. The molecule has 21 heavy (non-hydrogen) atoms. The van der Waals surface area contributed by atoms with Crippen LogP contribution in [0, 0.1) is 5.82 Å². The van der Waals surface area contributed by atoms with Crippen LogP contribution < -0.4 is 5.32 Å². The average molecular weight is 338 g/mol. The summed E-state index contributed by atoms with van der Waals surface area (Å²) < 4.78 is 51.3. The smallest absolute Gasteiger partial charge is 0.379 e. The van der Waals surface area contributed by atoms with Gasteiger partial charge in [0.25, 0.3) is 0 Å². The number of rotatable bonds is 3. The molecule has 0 spiro atoms. The molecule has 2 aromatic rings. The predicted molar refractivity (Wildman–Crippen MR) is 75.2 cm³/mol. The van der Waals surface area contributed by atoms with Gasteiger partial charge in [0.15, 0.2) is 0 Å². The Bertz CT molecular complexity index is 656. The first-order valence-electron chi connectivity index (χ1n) is 5.82. The molecule has 0 heterocycles. The molecule has 2 aromatic carbocycles. The molecule has 0 radical (unpaired) electrons. The summed E-state index contributed by atoms with van der Waals surface area (Å²) in [6.07, 6.45) is -4.53. The summed E-state index contributed by atoms with van der Waals surface area (Å²) in [5, 5.41) is 3.39. The molecule has 1 nitrogen and oxygen atoms in total. The maximum atomic E-state index is 13.5. The fraction of sp³-hybridized carbons (Fsp3) is 0.143. The first kappa shape index (κ1) is 15.9. The van der Waals surface area contributed by atoms with Crippen LogP contribution in [-0.4, -0.2) is 0 Å².